The van der Waals surface area contributed by atoms with Crippen LogP contribution in [0, 0.1) is 18.3 Å². The fourth-order valence-electron chi connectivity index (χ4n) is 2.44. The van der Waals surface area contributed by atoms with E-state index < -0.39 is 11.9 Å². The second-order valence-corrected chi connectivity index (χ2v) is 5.88. The average molecular weight is 268 g/mol. The molecular formula is C12H16N2O3S. The highest BCUT2D eigenvalue weighted by atomic mass is 32.2. The molecule has 0 radical (unpaired) electrons. The van der Waals surface area contributed by atoms with Crippen molar-refractivity contribution in [1.29, 1.82) is 0 Å². The van der Waals surface area contributed by atoms with E-state index in [0.29, 0.717) is 11.7 Å². The summed E-state index contributed by atoms with van der Waals surface area (Å²) in [6.45, 7) is 0. The number of rotatable bonds is 5. The van der Waals surface area contributed by atoms with E-state index in [2.05, 4.69) is 16.6 Å². The lowest BCUT2D eigenvalue weighted by atomic mass is 9.99. The lowest BCUT2D eigenvalue weighted by Gasteiger charge is -2.16. The molecule has 2 rings (SSSR count). The van der Waals surface area contributed by atoms with Crippen LogP contribution < -0.4 is 10.6 Å². The van der Waals surface area contributed by atoms with Crippen LogP contribution in [0.4, 0.5) is 4.79 Å². The highest BCUT2D eigenvalue weighted by molar-refractivity contribution is 8.00. The predicted molar refractivity (Wildman–Crippen MR) is 69.3 cm³/mol. The molecule has 0 aromatic rings. The summed E-state index contributed by atoms with van der Waals surface area (Å²) in [5.74, 6) is 1.60. The van der Waals surface area contributed by atoms with E-state index in [0.717, 1.165) is 18.6 Å². The summed E-state index contributed by atoms with van der Waals surface area (Å²) in [7, 11) is 0. The van der Waals surface area contributed by atoms with Gasteiger partial charge in [-0.05, 0) is 12.8 Å². The van der Waals surface area contributed by atoms with E-state index in [1.807, 2.05) is 11.8 Å². The van der Waals surface area contributed by atoms with Crippen LogP contribution in [0.2, 0.25) is 0 Å². The average Bonchev–Trinajstić information content (AvgIpc) is 2.84. The molecule has 1 unspecified atom stereocenters. The van der Waals surface area contributed by atoms with Gasteiger partial charge < -0.3 is 15.7 Å². The van der Waals surface area contributed by atoms with Gasteiger partial charge in [-0.1, -0.05) is 12.3 Å². The largest absolute Gasteiger partial charge is 0.480 e. The van der Waals surface area contributed by atoms with Gasteiger partial charge in [0.2, 0.25) is 0 Å². The quantitative estimate of drug-likeness (QED) is 0.505. The Morgan fingerprint density at radius 2 is 2.39 bits per heavy atom. The Labute approximate surface area is 110 Å². The van der Waals surface area contributed by atoms with Crippen molar-refractivity contribution in [2.24, 2.45) is 5.92 Å². The SMILES string of the molecule is C#CC(CCC[C@@H]1SC[C@@H]2NC(=O)N[C@@H]21)C(=O)O. The van der Waals surface area contributed by atoms with Crippen molar-refractivity contribution in [2.75, 3.05) is 5.75 Å². The number of carboxylic acids is 1. The van der Waals surface area contributed by atoms with Crippen LogP contribution in [-0.4, -0.2) is 40.2 Å². The van der Waals surface area contributed by atoms with Crippen molar-refractivity contribution >= 4 is 23.8 Å². The lowest BCUT2D eigenvalue weighted by molar-refractivity contribution is -0.139. The molecule has 2 aliphatic rings. The molecule has 2 heterocycles. The highest BCUT2D eigenvalue weighted by Crippen LogP contribution is 2.33. The molecule has 0 aromatic heterocycles. The van der Waals surface area contributed by atoms with Crippen LogP contribution in [0.1, 0.15) is 19.3 Å². The van der Waals surface area contributed by atoms with Gasteiger partial charge in [0.05, 0.1) is 12.1 Å². The first kappa shape index (κ1) is 13.1. The van der Waals surface area contributed by atoms with Crippen LogP contribution in [0.3, 0.4) is 0 Å². The minimum Gasteiger partial charge on any atom is -0.480 e. The number of nitrogens with one attached hydrogen (secondary N) is 2. The number of amides is 2. The molecular weight excluding hydrogens is 252 g/mol. The third-order valence-corrected chi connectivity index (χ3v) is 4.93. The van der Waals surface area contributed by atoms with E-state index in [1.54, 1.807) is 0 Å². The highest BCUT2D eigenvalue weighted by Gasteiger charge is 2.42. The number of carboxylic acid groups (broad SMARTS) is 1. The van der Waals surface area contributed by atoms with Gasteiger partial charge in [0.1, 0.15) is 5.92 Å². The molecule has 2 amide bonds. The summed E-state index contributed by atoms with van der Waals surface area (Å²) in [6, 6.07) is 0.300. The number of hydrogen-bond acceptors (Lipinski definition) is 3. The smallest absolute Gasteiger partial charge is 0.318 e. The van der Waals surface area contributed by atoms with Crippen LogP contribution in [0.15, 0.2) is 0 Å². The summed E-state index contributed by atoms with van der Waals surface area (Å²) in [6.07, 6.45) is 7.33. The minimum absolute atomic E-state index is 0.0951. The Balaban J connectivity index is 1.76. The van der Waals surface area contributed by atoms with Crippen LogP contribution in [0.5, 0.6) is 0 Å². The zero-order valence-corrected chi connectivity index (χ0v) is 10.7. The molecule has 2 saturated heterocycles. The van der Waals surface area contributed by atoms with Crippen LogP contribution in [-0.2, 0) is 4.79 Å². The topological polar surface area (TPSA) is 78.4 Å². The molecule has 2 fully saturated rings. The van der Waals surface area contributed by atoms with Gasteiger partial charge in [-0.3, -0.25) is 4.79 Å². The van der Waals surface area contributed by atoms with E-state index in [4.69, 9.17) is 11.5 Å². The second-order valence-electron chi connectivity index (χ2n) is 4.61. The van der Waals surface area contributed by atoms with Gasteiger partial charge >= 0.3 is 12.0 Å². The minimum atomic E-state index is -0.926. The van der Waals surface area contributed by atoms with Gasteiger partial charge in [-0.15, -0.1) is 6.42 Å². The number of urea groups is 1. The maximum atomic E-state index is 11.2. The Morgan fingerprint density at radius 1 is 1.61 bits per heavy atom. The fraction of sp³-hybridized carbons (Fsp3) is 0.667. The molecule has 2 aliphatic heterocycles. The fourth-order valence-corrected chi connectivity index (χ4v) is 3.99. The Morgan fingerprint density at radius 3 is 3.06 bits per heavy atom. The van der Waals surface area contributed by atoms with Crippen molar-refractivity contribution in [3.05, 3.63) is 0 Å². The molecule has 4 atom stereocenters. The first-order valence-electron chi connectivity index (χ1n) is 5.99. The zero-order chi connectivity index (χ0) is 13.1. The second kappa shape index (κ2) is 5.53. The number of aliphatic carboxylic acids is 1. The number of thioether (sulfide) groups is 1. The number of hydrogen-bond donors (Lipinski definition) is 3. The van der Waals surface area contributed by atoms with Gasteiger partial charge in [0.15, 0.2) is 0 Å². The van der Waals surface area contributed by atoms with Crippen molar-refractivity contribution in [3.63, 3.8) is 0 Å². The monoisotopic (exact) mass is 268 g/mol. The number of carbonyl (C=O) groups is 2. The zero-order valence-electron chi connectivity index (χ0n) is 9.89. The summed E-state index contributed by atoms with van der Waals surface area (Å²) in [5, 5.41) is 15.0. The Kier molecular flexibility index (Phi) is 4.02. The summed E-state index contributed by atoms with van der Waals surface area (Å²) in [5.41, 5.74) is 0. The summed E-state index contributed by atoms with van der Waals surface area (Å²) in [4.78, 5) is 22.0. The molecule has 0 bridgehead atoms. The van der Waals surface area contributed by atoms with Gasteiger partial charge in [-0.2, -0.15) is 11.8 Å². The van der Waals surface area contributed by atoms with E-state index in [-0.39, 0.29) is 18.1 Å². The molecule has 3 N–H and O–H groups in total. The molecule has 0 saturated carbocycles. The van der Waals surface area contributed by atoms with E-state index >= 15 is 0 Å². The molecule has 18 heavy (non-hydrogen) atoms. The standard InChI is InChI=1S/C12H16N2O3S/c1-2-7(11(15)16)4-3-5-9-10-8(6-18-9)13-12(17)14-10/h1,7-10H,3-6H2,(H,15,16)(H2,13,14,17)/t7?,8-,9-,10-/m0/s1. The van der Waals surface area contributed by atoms with Crippen molar-refractivity contribution < 1.29 is 14.7 Å². The molecule has 98 valence electrons. The van der Waals surface area contributed by atoms with Crippen molar-refractivity contribution in [1.82, 2.24) is 10.6 Å². The molecule has 6 heteroatoms. The molecule has 0 aromatic carbocycles. The van der Waals surface area contributed by atoms with E-state index in [9.17, 15) is 9.59 Å². The van der Waals surface area contributed by atoms with Crippen molar-refractivity contribution in [3.8, 4) is 12.3 Å². The maximum absolute atomic E-state index is 11.2. The van der Waals surface area contributed by atoms with Crippen LogP contribution in [0.25, 0.3) is 0 Å². The number of carbonyl (C=O) groups excluding carboxylic acids is 1. The predicted octanol–water partition coefficient (Wildman–Crippen LogP) is 0.656. The van der Waals surface area contributed by atoms with Gasteiger partial charge in [-0.25, -0.2) is 4.79 Å². The number of terminal acetylenes is 1. The van der Waals surface area contributed by atoms with E-state index in [1.165, 1.54) is 0 Å². The normalized spacial score (nSPS) is 31.1. The summed E-state index contributed by atoms with van der Waals surface area (Å²) >= 11 is 1.83. The maximum Gasteiger partial charge on any atom is 0.318 e. The molecule has 0 spiro atoms. The lowest BCUT2D eigenvalue weighted by Crippen LogP contribution is -2.36. The Bertz CT molecular complexity index is 393. The molecule has 5 nitrogen and oxygen atoms in total. The Hall–Kier alpha value is -1.35. The molecule has 0 aliphatic carbocycles. The first-order valence-corrected chi connectivity index (χ1v) is 7.04. The van der Waals surface area contributed by atoms with Gasteiger partial charge in [0.25, 0.3) is 0 Å². The van der Waals surface area contributed by atoms with Gasteiger partial charge in [0, 0.05) is 11.0 Å². The summed E-state index contributed by atoms with van der Waals surface area (Å²) < 4.78 is 0. The third kappa shape index (κ3) is 2.72. The van der Waals surface area contributed by atoms with Crippen molar-refractivity contribution in [2.45, 2.75) is 36.6 Å². The first-order chi connectivity index (χ1) is 8.61. The third-order valence-electron chi connectivity index (χ3n) is 3.42. The number of fused-ring (bicyclic) bond motifs is 1. The van der Waals surface area contributed by atoms with Crippen LogP contribution >= 0.6 is 11.8 Å².